The summed E-state index contributed by atoms with van der Waals surface area (Å²) < 4.78 is 48.1. The van der Waals surface area contributed by atoms with Gasteiger partial charge in [-0.3, -0.25) is 52.7 Å². The highest BCUT2D eigenvalue weighted by Crippen LogP contribution is 2.61. The number of piperidine rings is 3. The Morgan fingerprint density at radius 2 is 0.991 bits per heavy atom. The fourth-order valence-corrected chi connectivity index (χ4v) is 22.2. The maximum Gasteiger partial charge on any atom is 0.290 e. The van der Waals surface area contributed by atoms with E-state index in [0.29, 0.717) is 135 Å². The number of aromatic nitrogens is 8. The minimum atomic E-state index is -4.26. The molecule has 7 fully saturated rings. The molecule has 3 atom stereocenters. The van der Waals surface area contributed by atoms with Gasteiger partial charge < -0.3 is 34.4 Å². The number of nitriles is 1. The van der Waals surface area contributed by atoms with Gasteiger partial charge in [-0.2, -0.15) is 20.6 Å². The number of amides is 5. The molecule has 4 aliphatic carbocycles. The number of likely N-dealkylation sites (tertiary alicyclic amines) is 3. The second-order valence-electron chi connectivity index (χ2n) is 33.4. The number of sulfonamides is 1. The highest BCUT2D eigenvalue weighted by Gasteiger charge is 2.57. The van der Waals surface area contributed by atoms with Crippen LogP contribution >= 0.6 is 34.8 Å². The van der Waals surface area contributed by atoms with Crippen LogP contribution in [0.4, 0.5) is 17.1 Å². The van der Waals surface area contributed by atoms with Crippen molar-refractivity contribution in [2.75, 3.05) is 75.1 Å². The fourth-order valence-electron chi connectivity index (χ4n) is 20.1. The van der Waals surface area contributed by atoms with Crippen LogP contribution in [0, 0.1) is 36.0 Å². The first-order valence-electron chi connectivity index (χ1n) is 38.8. The number of likely N-dealkylation sites (N-methyl/N-ethyl adjacent to an activating group) is 3. The monoisotopic (exact) mass is 1580 g/mol. The number of rotatable bonds is 22. The Bertz CT molecular complexity index is 5190. The number of anilines is 3. The highest BCUT2D eigenvalue weighted by molar-refractivity contribution is 7.90. The van der Waals surface area contributed by atoms with Crippen molar-refractivity contribution in [3.8, 4) is 6.07 Å². The SMILES string of the molecule is Cc1cc(C(=O)NC2CC(Cn3cc(CN4CCC5(CC4)C(=O)N(C)c4c(C6CC6c6cc(C(=O)NC7CC(Cn8cc(CN9CCC%10(CC9)C(=O)N(C)c9c(C(C#N)S(=O)(=O)NC%11CC(Cn%12cc(CN%13CCC%14(CC%13)C(=O)N(C)c%13ccc(Cl)cc%13%14)cn%12)C%11)cc(Cl)cc9%10)cn8)C7)on6)cc(Cl)cc45)cn3)C2)on1. The maximum atomic E-state index is 14.5. The van der Waals surface area contributed by atoms with Crippen LogP contribution in [0.3, 0.4) is 0 Å². The molecule has 3 N–H and O–H groups in total. The average Bonchev–Trinajstić information content (AvgIpc) is 1.56. The number of hydrogen-bond donors (Lipinski definition) is 3. The Kier molecular flexibility index (Phi) is 18.8. The van der Waals surface area contributed by atoms with E-state index in [0.717, 1.165) is 116 Å². The van der Waals surface area contributed by atoms with E-state index < -0.39 is 31.5 Å². The molecule has 3 saturated heterocycles. The number of nitrogens with zero attached hydrogens (tertiary/aromatic N) is 15. The number of carbonyl (C=O) groups is 5. The summed E-state index contributed by atoms with van der Waals surface area (Å²) in [5.41, 5.74) is 8.58. The van der Waals surface area contributed by atoms with Crippen LogP contribution in [0.15, 0.2) is 101 Å². The number of halogens is 3. The molecule has 5 amide bonds. The number of carbonyl (C=O) groups excluding carboxylic acids is 5. The van der Waals surface area contributed by atoms with E-state index in [9.17, 15) is 37.7 Å². The van der Waals surface area contributed by atoms with Crippen LogP contribution in [0.5, 0.6) is 0 Å². The van der Waals surface area contributed by atoms with Crippen molar-refractivity contribution in [1.82, 2.24) is 69.7 Å². The van der Waals surface area contributed by atoms with Crippen LogP contribution < -0.4 is 30.1 Å². The number of fused-ring (bicyclic) bond motifs is 6. The van der Waals surface area contributed by atoms with Crippen LogP contribution in [0.25, 0.3) is 0 Å². The van der Waals surface area contributed by atoms with Gasteiger partial charge in [0.2, 0.25) is 39.3 Å². The predicted octanol–water partition coefficient (Wildman–Crippen LogP) is 9.70. The molecule has 6 aliphatic heterocycles. The molecule has 0 radical (unpaired) electrons. The molecule has 3 aromatic carbocycles. The quantitative estimate of drug-likeness (QED) is 0.0568. The van der Waals surface area contributed by atoms with Gasteiger partial charge in [0.15, 0.2) is 5.25 Å². The molecule has 580 valence electrons. The zero-order valence-corrected chi connectivity index (χ0v) is 65.5. The van der Waals surface area contributed by atoms with Gasteiger partial charge in [-0.1, -0.05) is 45.1 Å². The Morgan fingerprint density at radius 3 is 1.49 bits per heavy atom. The molecule has 5 aromatic heterocycles. The maximum absolute atomic E-state index is 14.5. The largest absolute Gasteiger partial charge is 0.351 e. The zero-order valence-electron chi connectivity index (χ0n) is 62.5. The van der Waals surface area contributed by atoms with Gasteiger partial charge in [-0.15, -0.1) is 0 Å². The van der Waals surface area contributed by atoms with E-state index in [1.54, 1.807) is 37.1 Å². The molecular weight excluding hydrogens is 1500 g/mol. The van der Waals surface area contributed by atoms with Gasteiger partial charge in [0, 0.05) is 158 Å². The normalized spacial score (nSPS) is 25.4. The smallest absolute Gasteiger partial charge is 0.290 e. The van der Waals surface area contributed by atoms with Crippen molar-refractivity contribution in [2.24, 2.45) is 17.8 Å². The van der Waals surface area contributed by atoms with Gasteiger partial charge in [0.25, 0.3) is 11.8 Å². The van der Waals surface area contributed by atoms with Crippen LogP contribution in [-0.2, 0) is 79.9 Å². The molecule has 11 heterocycles. The van der Waals surface area contributed by atoms with Gasteiger partial charge in [0.05, 0.1) is 63.7 Å². The molecule has 18 rings (SSSR count). The predicted molar refractivity (Wildman–Crippen MR) is 413 cm³/mol. The van der Waals surface area contributed by atoms with Crippen molar-refractivity contribution in [3.05, 3.63) is 174 Å². The van der Waals surface area contributed by atoms with Crippen molar-refractivity contribution >= 4 is 91.4 Å². The minimum Gasteiger partial charge on any atom is -0.351 e. The Morgan fingerprint density at radius 1 is 0.550 bits per heavy atom. The lowest BCUT2D eigenvalue weighted by atomic mass is 9.73. The Balaban J connectivity index is 0.427. The third-order valence-electron chi connectivity index (χ3n) is 26.2. The Hall–Kier alpha value is -8.79. The molecular formula is C80H89Cl3N18O9S. The average molecular weight is 1590 g/mol. The molecule has 3 spiro atoms. The van der Waals surface area contributed by atoms with E-state index in [-0.39, 0.29) is 87.5 Å². The lowest BCUT2D eigenvalue weighted by Gasteiger charge is -2.38. The number of benzene rings is 3. The standard InChI is InChI=1S/C80H89Cl3N18O9S/c1-46-19-68(109-90-46)73(102)88-56-20-47(21-56)40-99-43-51(34-85-99)38-97-15-9-79(10-16-97)64-29-54(82)26-61(71(64)94(3)76(79)105)59-31-60(59)66-32-69(110-91-66)74(103)89-57-22-48(23-57)41-100-44-52(35-86-100)39-98-17-11-80(12-18-98)65-30-55(83)27-62(72(65)95(4)77(80)106)70(33-84)111(107,108)92-58-24-49(25-58)42-101-45-50(36-87-101)37-96-13-7-78(8-14-96)63-28-53(81)5-6-67(63)93(2)75(78)104/h5-6,19,26-30,32,34-36,43-45,47-49,56-60,70,92H,7-18,20-25,31,37-42H2,1-4H3,(H,88,102)(H,89,103). The summed E-state index contributed by atoms with van der Waals surface area (Å²) in [6, 6.07) is 18.1. The van der Waals surface area contributed by atoms with Gasteiger partial charge in [0.1, 0.15) is 0 Å². The third kappa shape index (κ3) is 13.4. The summed E-state index contributed by atoms with van der Waals surface area (Å²) in [5, 5.41) is 39.0. The number of nitrogens with one attached hydrogen (secondary N) is 3. The van der Waals surface area contributed by atoms with Crippen LogP contribution in [0.1, 0.15) is 178 Å². The van der Waals surface area contributed by atoms with Crippen molar-refractivity contribution < 1.29 is 41.4 Å². The lowest BCUT2D eigenvalue weighted by Crippen LogP contribution is -2.47. The Labute approximate surface area is 658 Å². The van der Waals surface area contributed by atoms with E-state index in [2.05, 4.69) is 69.0 Å². The molecule has 4 saturated carbocycles. The van der Waals surface area contributed by atoms with Crippen molar-refractivity contribution in [3.63, 3.8) is 0 Å². The highest BCUT2D eigenvalue weighted by atomic mass is 35.5. The van der Waals surface area contributed by atoms with Gasteiger partial charge in [-0.25, -0.2) is 13.1 Å². The molecule has 111 heavy (non-hydrogen) atoms. The third-order valence-corrected chi connectivity index (χ3v) is 28.5. The topological polar surface area (TPSA) is 304 Å². The lowest BCUT2D eigenvalue weighted by molar-refractivity contribution is -0.125. The van der Waals surface area contributed by atoms with Crippen molar-refractivity contribution in [2.45, 2.75) is 181 Å². The van der Waals surface area contributed by atoms with Crippen LogP contribution in [0.2, 0.25) is 15.1 Å². The van der Waals surface area contributed by atoms with Gasteiger partial charge >= 0.3 is 0 Å². The second kappa shape index (κ2) is 28.4. The van der Waals surface area contributed by atoms with E-state index in [4.69, 9.17) is 48.9 Å². The minimum absolute atomic E-state index is 0.00152. The summed E-state index contributed by atoms with van der Waals surface area (Å²) >= 11 is 20.2. The van der Waals surface area contributed by atoms with E-state index in [1.165, 1.54) is 11.0 Å². The first kappa shape index (κ1) is 73.7. The van der Waals surface area contributed by atoms with Crippen molar-refractivity contribution in [1.29, 1.82) is 5.26 Å². The molecule has 0 bridgehead atoms. The van der Waals surface area contributed by atoms with E-state index >= 15 is 0 Å². The first-order valence-corrected chi connectivity index (χ1v) is 41.5. The second-order valence-corrected chi connectivity index (χ2v) is 36.5. The summed E-state index contributed by atoms with van der Waals surface area (Å²) in [6.07, 6.45) is 20.8. The molecule has 3 unspecified atom stereocenters. The van der Waals surface area contributed by atoms with E-state index in [1.807, 2.05) is 88.2 Å². The van der Waals surface area contributed by atoms with Gasteiger partial charge in [-0.05, 0) is 218 Å². The molecule has 27 nitrogen and oxygen atoms in total. The summed E-state index contributed by atoms with van der Waals surface area (Å²) in [4.78, 5) is 80.9. The molecule has 10 aliphatic rings. The zero-order chi connectivity index (χ0) is 76.7. The first-order chi connectivity index (χ1) is 53.4. The number of aryl methyl sites for hydroxylation is 1. The van der Waals surface area contributed by atoms with Crippen LogP contribution in [-0.4, -0.2) is 171 Å². The summed E-state index contributed by atoms with van der Waals surface area (Å²) in [5.74, 6) is 0.870. The number of hydrogen-bond acceptors (Lipinski definition) is 18. The summed E-state index contributed by atoms with van der Waals surface area (Å²) in [6.45, 7) is 10.1. The molecule has 8 aromatic rings. The fraction of sp³-hybridized carbons (Fsp3) is 0.512. The summed E-state index contributed by atoms with van der Waals surface area (Å²) in [7, 11) is 1.10. The molecule has 31 heteroatoms.